The zero-order valence-electron chi connectivity index (χ0n) is 24.4. The molecule has 0 aliphatic carbocycles. The molecular weight excluding hydrogens is 656 g/mol. The average Bonchev–Trinajstić information content (AvgIpc) is 3.01. The van der Waals surface area contributed by atoms with E-state index in [1.165, 1.54) is 0 Å². The summed E-state index contributed by atoms with van der Waals surface area (Å²) in [6.07, 6.45) is 1.56. The van der Waals surface area contributed by atoms with Crippen LogP contribution in [0.1, 0.15) is 80.0 Å². The third kappa shape index (κ3) is 12.8. The van der Waals surface area contributed by atoms with Crippen LogP contribution in [0, 0.1) is 0 Å². The van der Waals surface area contributed by atoms with Gasteiger partial charge in [0.05, 0.1) is 58.5 Å². The van der Waals surface area contributed by atoms with Gasteiger partial charge in [-0.2, -0.15) is 0 Å². The smallest absolute Gasteiger partial charge is 0.338 e. The third-order valence-corrected chi connectivity index (χ3v) is 7.54. The van der Waals surface area contributed by atoms with Gasteiger partial charge in [-0.05, 0) is 74.9 Å². The number of aliphatic hydroxyl groups excluding tert-OH is 2. The molecule has 2 aromatic rings. The lowest BCUT2D eigenvalue weighted by atomic mass is 10.1. The first-order chi connectivity index (χ1) is 21.7. The summed E-state index contributed by atoms with van der Waals surface area (Å²) in [4.78, 5) is 47.9. The molecule has 0 aliphatic heterocycles. The maximum Gasteiger partial charge on any atom is 0.338 e. The zero-order valence-corrected chi connectivity index (χ0v) is 26.0. The van der Waals surface area contributed by atoms with E-state index in [0.29, 0.717) is 25.7 Å². The maximum absolute atomic E-state index is 12.5. The normalized spacial score (nSPS) is 11.5. The standard InChI is InChI=1S/C28H34O16S2/c29-7-1-3-9-41-25(31)19-13-21(17-23(15-19)45(35,36)37)27(33)43-11-5-6-12-44-28(34)22-14-20(16-24(18-22)46(38,39)40)26(32)42-10-4-2-8-30/h13-18,29-30H,1-12H2,(H,35,36,37)(H,38,39,40)/p-2. The Morgan fingerprint density at radius 1 is 0.478 bits per heavy atom. The molecule has 0 radical (unpaired) electrons. The number of carbonyl (C=O) groups excluding carboxylic acids is 4. The Bertz CT molecular complexity index is 1480. The van der Waals surface area contributed by atoms with Crippen LogP contribution in [0.25, 0.3) is 0 Å². The van der Waals surface area contributed by atoms with Crippen molar-refractivity contribution < 1.29 is 74.3 Å². The molecule has 254 valence electrons. The number of carbonyl (C=O) groups is 4. The largest absolute Gasteiger partial charge is 0.744 e. The van der Waals surface area contributed by atoms with Gasteiger partial charge < -0.3 is 38.3 Å². The van der Waals surface area contributed by atoms with E-state index in [-0.39, 0.29) is 63.6 Å². The lowest BCUT2D eigenvalue weighted by Gasteiger charge is -2.13. The van der Waals surface area contributed by atoms with Crippen LogP contribution in [-0.2, 0) is 39.2 Å². The van der Waals surface area contributed by atoms with Gasteiger partial charge in [0.1, 0.15) is 20.2 Å². The van der Waals surface area contributed by atoms with Crippen LogP contribution in [0.5, 0.6) is 0 Å². The first-order valence-electron chi connectivity index (χ1n) is 13.8. The molecule has 0 atom stereocenters. The predicted molar refractivity (Wildman–Crippen MR) is 152 cm³/mol. The van der Waals surface area contributed by atoms with Gasteiger partial charge in [0, 0.05) is 13.2 Å². The van der Waals surface area contributed by atoms with Gasteiger partial charge in [0.15, 0.2) is 0 Å². The minimum atomic E-state index is -5.06. The summed E-state index contributed by atoms with van der Waals surface area (Å²) >= 11 is 0. The fourth-order valence-electron chi connectivity index (χ4n) is 3.58. The Balaban J connectivity index is 1.97. The molecule has 46 heavy (non-hydrogen) atoms. The van der Waals surface area contributed by atoms with Crippen molar-refractivity contribution in [2.75, 3.05) is 39.6 Å². The predicted octanol–water partition coefficient (Wildman–Crippen LogP) is 1.15. The highest BCUT2D eigenvalue weighted by Gasteiger charge is 2.19. The molecule has 0 saturated carbocycles. The van der Waals surface area contributed by atoms with Crippen LogP contribution in [0.15, 0.2) is 46.2 Å². The molecule has 18 heteroatoms. The highest BCUT2D eigenvalue weighted by Crippen LogP contribution is 2.19. The molecule has 16 nitrogen and oxygen atoms in total. The molecule has 0 fully saturated rings. The third-order valence-electron chi connectivity index (χ3n) is 5.91. The molecule has 0 bridgehead atoms. The Morgan fingerprint density at radius 2 is 0.717 bits per heavy atom. The highest BCUT2D eigenvalue weighted by molar-refractivity contribution is 7.86. The van der Waals surface area contributed by atoms with Crippen molar-refractivity contribution >= 4 is 44.1 Å². The lowest BCUT2D eigenvalue weighted by molar-refractivity contribution is 0.0430. The van der Waals surface area contributed by atoms with Crippen molar-refractivity contribution in [3.8, 4) is 0 Å². The van der Waals surface area contributed by atoms with Crippen LogP contribution in [0.4, 0.5) is 0 Å². The summed E-state index contributed by atoms with van der Waals surface area (Å²) in [5, 5.41) is 17.6. The van der Waals surface area contributed by atoms with E-state index >= 15 is 0 Å². The summed E-state index contributed by atoms with van der Waals surface area (Å²) in [7, 11) is -10.1. The zero-order chi connectivity index (χ0) is 34.3. The van der Waals surface area contributed by atoms with Crippen LogP contribution in [0.3, 0.4) is 0 Å². The van der Waals surface area contributed by atoms with Gasteiger partial charge in [-0.15, -0.1) is 0 Å². The van der Waals surface area contributed by atoms with E-state index in [4.69, 9.17) is 29.2 Å². The quantitative estimate of drug-likeness (QED) is 0.0907. The number of esters is 4. The van der Waals surface area contributed by atoms with Gasteiger partial charge in [0.25, 0.3) is 0 Å². The minimum absolute atomic E-state index is 0.0961. The Labute approximate surface area is 264 Å². The van der Waals surface area contributed by atoms with Gasteiger partial charge in [0.2, 0.25) is 0 Å². The SMILES string of the molecule is O=C(OCCCCO)c1cc(C(=O)OCCCCOC(=O)c2cc(C(=O)OCCCCO)cc(S(=O)(=O)[O-])c2)cc(S(=O)(=O)[O-])c1. The molecular formula is C28H32O16S2-2. The van der Waals surface area contributed by atoms with Gasteiger partial charge in [-0.1, -0.05) is 0 Å². The second kappa shape index (κ2) is 18.3. The van der Waals surface area contributed by atoms with Crippen molar-refractivity contribution in [2.24, 2.45) is 0 Å². The summed E-state index contributed by atoms with van der Waals surface area (Å²) < 4.78 is 89.3. The summed E-state index contributed by atoms with van der Waals surface area (Å²) in [6.45, 7) is -0.976. The van der Waals surface area contributed by atoms with E-state index < -0.39 is 65.0 Å². The summed E-state index contributed by atoms with van der Waals surface area (Å²) in [5.74, 6) is -4.13. The monoisotopic (exact) mass is 688 g/mol. The van der Waals surface area contributed by atoms with Crippen LogP contribution < -0.4 is 0 Å². The van der Waals surface area contributed by atoms with E-state index in [1.54, 1.807) is 0 Å². The average molecular weight is 689 g/mol. The summed E-state index contributed by atoms with van der Waals surface area (Å²) in [5.41, 5.74) is -1.60. The molecule has 0 spiro atoms. The Kier molecular flexibility index (Phi) is 15.2. The highest BCUT2D eigenvalue weighted by atomic mass is 32.2. The number of benzene rings is 2. The topological polar surface area (TPSA) is 260 Å². The van der Waals surface area contributed by atoms with Crippen molar-refractivity contribution in [3.05, 3.63) is 58.7 Å². The summed E-state index contributed by atoms with van der Waals surface area (Å²) in [6, 6.07) is 4.98. The Hall–Kier alpha value is -3.94. The number of unbranched alkanes of at least 4 members (excludes halogenated alkanes) is 3. The molecule has 2 rings (SSSR count). The van der Waals surface area contributed by atoms with E-state index in [2.05, 4.69) is 0 Å². The van der Waals surface area contributed by atoms with Gasteiger partial charge in [-0.25, -0.2) is 36.0 Å². The van der Waals surface area contributed by atoms with Crippen LogP contribution in [0.2, 0.25) is 0 Å². The number of ether oxygens (including phenoxy) is 4. The van der Waals surface area contributed by atoms with Crippen molar-refractivity contribution in [1.29, 1.82) is 0 Å². The number of hydrogen-bond donors (Lipinski definition) is 2. The molecule has 0 aliphatic rings. The minimum Gasteiger partial charge on any atom is -0.744 e. The van der Waals surface area contributed by atoms with Crippen LogP contribution in [-0.4, -0.2) is 99.7 Å². The molecule has 2 N–H and O–H groups in total. The molecule has 0 heterocycles. The fraction of sp³-hybridized carbons (Fsp3) is 0.429. The number of rotatable bonds is 19. The van der Waals surface area contributed by atoms with Crippen molar-refractivity contribution in [3.63, 3.8) is 0 Å². The second-order valence-corrected chi connectivity index (χ2v) is 12.3. The van der Waals surface area contributed by atoms with E-state index in [9.17, 15) is 45.1 Å². The lowest BCUT2D eigenvalue weighted by Crippen LogP contribution is -2.14. The molecule has 0 unspecified atom stereocenters. The maximum atomic E-state index is 12.5. The fourth-order valence-corrected chi connectivity index (χ4v) is 4.67. The number of hydrogen-bond acceptors (Lipinski definition) is 16. The van der Waals surface area contributed by atoms with Gasteiger partial charge >= 0.3 is 23.9 Å². The van der Waals surface area contributed by atoms with Crippen molar-refractivity contribution in [2.45, 2.75) is 48.3 Å². The molecule has 2 aromatic carbocycles. The second-order valence-electron chi connectivity index (χ2n) is 9.51. The first kappa shape index (κ1) is 38.2. The van der Waals surface area contributed by atoms with Gasteiger partial charge in [-0.3, -0.25) is 0 Å². The molecule has 0 amide bonds. The first-order valence-corrected chi connectivity index (χ1v) is 16.6. The van der Waals surface area contributed by atoms with E-state index in [1.807, 2.05) is 0 Å². The number of aliphatic hydroxyl groups is 2. The Morgan fingerprint density at radius 3 is 0.935 bits per heavy atom. The van der Waals surface area contributed by atoms with Crippen molar-refractivity contribution in [1.82, 2.24) is 0 Å². The van der Waals surface area contributed by atoms with Crippen LogP contribution >= 0.6 is 0 Å². The molecule has 0 aromatic heterocycles. The van der Waals surface area contributed by atoms with E-state index in [0.717, 1.165) is 36.4 Å². The molecule has 0 saturated heterocycles.